The molecule has 5 aliphatic heterocycles. The van der Waals surface area contributed by atoms with Crippen LogP contribution >= 0.6 is 23.2 Å². The number of halogens is 2. The second kappa shape index (κ2) is 27.8. The third kappa shape index (κ3) is 15.3. The summed E-state index contributed by atoms with van der Waals surface area (Å²) < 4.78 is 16.2. The van der Waals surface area contributed by atoms with Crippen LogP contribution in [-0.2, 0) is 20.6 Å². The number of aryl methyl sites for hydroxylation is 1. The Hall–Kier alpha value is -5.10. The van der Waals surface area contributed by atoms with E-state index < -0.39 is 0 Å². The third-order valence-corrected chi connectivity index (χ3v) is 14.6. The normalized spacial score (nSPS) is 18.6. The second-order valence-corrected chi connectivity index (χ2v) is 20.1. The van der Waals surface area contributed by atoms with E-state index in [1.54, 1.807) is 0 Å². The number of nitrogens with one attached hydrogen (secondary N) is 1. The predicted octanol–water partition coefficient (Wildman–Crippen LogP) is 4.27. The maximum absolute atomic E-state index is 6.36. The summed E-state index contributed by atoms with van der Waals surface area (Å²) in [5.74, 6) is 3.58. The van der Waals surface area contributed by atoms with Crippen LogP contribution in [0.4, 0.5) is 17.5 Å². The summed E-state index contributed by atoms with van der Waals surface area (Å²) in [5.41, 5.74) is 10.6. The standard InChI is InChI=1S/C30H43N9O2.C17H16Cl2N6.C6H14N2O/c1-36-12-14-39(15-13-36)30-25(8-5-10-37-16-20-40-21-17-37)32-26-28(31-9-11-38-18-22-41-23-19-38)33-27(34-29(26)35-30)24-6-3-2-4-7-24;1-24-7-9-25(10-8-24)17-14(19)20-12-13(18)21-15(22-16(12)23-17)11-5-3-2-4-6-11;7-1-2-8-3-5-9-6-4-8/h2-4,6-7H,5,8-23H2,1H3,(H,31,33,34,35);2-6H,7-10H2,1H3;1-7H2. The van der Waals surface area contributed by atoms with Gasteiger partial charge in [-0.25, -0.2) is 39.9 Å². The SMILES string of the molecule is CN1CCN(c2nc3nc(-c4ccccc4)nc(Cl)c3nc2Cl)CC1.CN1CCN(c2nc3nc(-c4ccccc4)nc(NCCN4CCOCC4)c3nc2CCCN2CCOCC2)CC1.NCCN1CCOCC1. The zero-order chi connectivity index (χ0) is 51.8. The van der Waals surface area contributed by atoms with Crippen LogP contribution in [0, 0.1) is 0 Å². The first-order valence-electron chi connectivity index (χ1n) is 26.6. The van der Waals surface area contributed by atoms with Crippen LogP contribution in [0.15, 0.2) is 60.7 Å². The minimum Gasteiger partial charge on any atom is -0.379 e. The number of fused-ring (bicyclic) bond motifs is 2. The van der Waals surface area contributed by atoms with Crippen LogP contribution in [0.25, 0.3) is 45.1 Å². The molecule has 3 N–H and O–H groups in total. The molecule has 75 heavy (non-hydrogen) atoms. The fourth-order valence-electron chi connectivity index (χ4n) is 9.53. The molecule has 0 spiro atoms. The average molecular weight is 1070 g/mol. The topological polar surface area (TPSA) is 192 Å². The number of hydrogen-bond donors (Lipinski definition) is 2. The van der Waals surface area contributed by atoms with Crippen molar-refractivity contribution in [2.45, 2.75) is 12.8 Å². The van der Waals surface area contributed by atoms with Crippen LogP contribution < -0.4 is 20.9 Å². The van der Waals surface area contributed by atoms with Gasteiger partial charge in [-0.15, -0.1) is 0 Å². The van der Waals surface area contributed by atoms with Crippen molar-refractivity contribution in [3.8, 4) is 22.8 Å². The quantitative estimate of drug-likeness (QED) is 0.147. The van der Waals surface area contributed by atoms with Gasteiger partial charge in [-0.1, -0.05) is 83.9 Å². The van der Waals surface area contributed by atoms with E-state index in [1.165, 1.54) is 0 Å². The van der Waals surface area contributed by atoms with Crippen LogP contribution in [0.2, 0.25) is 10.3 Å². The van der Waals surface area contributed by atoms with E-state index in [9.17, 15) is 0 Å². The number of rotatable bonds is 14. The number of benzene rings is 2. The van der Waals surface area contributed by atoms with Gasteiger partial charge in [0.25, 0.3) is 0 Å². The molecule has 0 amide bonds. The molecule has 0 unspecified atom stereocenters. The van der Waals surface area contributed by atoms with Crippen LogP contribution in [0.1, 0.15) is 12.1 Å². The van der Waals surface area contributed by atoms with Gasteiger partial charge in [-0.3, -0.25) is 14.7 Å². The van der Waals surface area contributed by atoms with Crippen molar-refractivity contribution in [3.63, 3.8) is 0 Å². The van der Waals surface area contributed by atoms with Gasteiger partial charge >= 0.3 is 0 Å². The molecule has 9 heterocycles. The third-order valence-electron chi connectivity index (χ3n) is 14.0. The molecule has 5 aliphatic rings. The molecule has 0 saturated carbocycles. The predicted molar refractivity (Wildman–Crippen MR) is 298 cm³/mol. The Morgan fingerprint density at radius 1 is 0.493 bits per heavy atom. The zero-order valence-corrected chi connectivity index (χ0v) is 45.1. The Balaban J connectivity index is 0.000000170. The van der Waals surface area contributed by atoms with E-state index >= 15 is 0 Å². The zero-order valence-electron chi connectivity index (χ0n) is 43.6. The van der Waals surface area contributed by atoms with Crippen LogP contribution in [-0.4, -0.2) is 242 Å². The van der Waals surface area contributed by atoms with E-state index in [4.69, 9.17) is 63.1 Å². The van der Waals surface area contributed by atoms with Gasteiger partial charge in [0.2, 0.25) is 0 Å². The molecule has 0 radical (unpaired) electrons. The maximum Gasteiger partial charge on any atom is 0.186 e. The molecule has 0 atom stereocenters. The highest BCUT2D eigenvalue weighted by Crippen LogP contribution is 2.31. The number of piperazine rings is 2. The summed E-state index contributed by atoms with van der Waals surface area (Å²) in [6.07, 6.45) is 1.90. The number of nitrogens with zero attached hydrogens (tertiary/aromatic N) is 15. The molecular formula is C53H73Cl2N17O3. The molecular weight excluding hydrogens is 994 g/mol. The Bertz CT molecular complexity index is 2700. The smallest absolute Gasteiger partial charge is 0.186 e. The number of likely N-dealkylation sites (N-methyl/N-ethyl adjacent to an activating group) is 2. The molecule has 11 rings (SSSR count). The monoisotopic (exact) mass is 1070 g/mol. The average Bonchev–Trinajstić information content (AvgIpc) is 3.45. The highest BCUT2D eigenvalue weighted by molar-refractivity contribution is 6.35. The van der Waals surface area contributed by atoms with Crippen molar-refractivity contribution >= 4 is 63.0 Å². The Kier molecular flexibility index (Phi) is 20.3. The highest BCUT2D eigenvalue weighted by Gasteiger charge is 2.25. The lowest BCUT2D eigenvalue weighted by Crippen LogP contribution is -2.45. The molecule has 2 aromatic carbocycles. The molecule has 6 aromatic rings. The minimum absolute atomic E-state index is 0.253. The van der Waals surface area contributed by atoms with Crippen LogP contribution in [0.5, 0.6) is 0 Å². The lowest BCUT2D eigenvalue weighted by Gasteiger charge is -2.34. The van der Waals surface area contributed by atoms with Crippen molar-refractivity contribution in [1.82, 2.24) is 64.4 Å². The van der Waals surface area contributed by atoms with Gasteiger partial charge in [0.15, 0.2) is 56.2 Å². The van der Waals surface area contributed by atoms with E-state index in [1.807, 2.05) is 60.7 Å². The molecule has 4 aromatic heterocycles. The summed E-state index contributed by atoms with van der Waals surface area (Å²) in [6, 6.07) is 19.8. The number of morpholine rings is 3. The molecule has 0 bridgehead atoms. The molecule has 22 heteroatoms. The van der Waals surface area contributed by atoms with Crippen molar-refractivity contribution in [2.75, 3.05) is 193 Å². The highest BCUT2D eigenvalue weighted by atomic mass is 35.5. The maximum atomic E-state index is 6.36. The Labute approximate surface area is 450 Å². The van der Waals surface area contributed by atoms with Gasteiger partial charge in [0.05, 0.1) is 45.3 Å². The number of ether oxygens (including phenoxy) is 3. The van der Waals surface area contributed by atoms with Gasteiger partial charge in [-0.2, -0.15) is 0 Å². The van der Waals surface area contributed by atoms with Crippen molar-refractivity contribution in [1.29, 1.82) is 0 Å². The van der Waals surface area contributed by atoms with Gasteiger partial charge in [0, 0.05) is 129 Å². The second-order valence-electron chi connectivity index (χ2n) is 19.4. The summed E-state index contributed by atoms with van der Waals surface area (Å²) in [4.78, 5) is 54.8. The van der Waals surface area contributed by atoms with E-state index in [0.717, 1.165) is 211 Å². The number of aromatic nitrogens is 8. The fourth-order valence-corrected chi connectivity index (χ4v) is 9.99. The summed E-state index contributed by atoms with van der Waals surface area (Å²) in [7, 11) is 4.28. The fraction of sp³-hybridized carbons (Fsp3) is 0.547. The summed E-state index contributed by atoms with van der Waals surface area (Å²) >= 11 is 12.7. The van der Waals surface area contributed by atoms with Gasteiger partial charge in [-0.05, 0) is 33.5 Å². The molecule has 5 saturated heterocycles. The van der Waals surface area contributed by atoms with Gasteiger partial charge in [0.1, 0.15) is 5.52 Å². The molecule has 0 aliphatic carbocycles. The first-order valence-corrected chi connectivity index (χ1v) is 27.3. The number of hydrogen-bond acceptors (Lipinski definition) is 20. The first kappa shape index (κ1) is 54.7. The van der Waals surface area contributed by atoms with Crippen molar-refractivity contribution in [3.05, 3.63) is 76.7 Å². The van der Waals surface area contributed by atoms with Gasteiger partial charge < -0.3 is 44.9 Å². The van der Waals surface area contributed by atoms with Crippen molar-refractivity contribution < 1.29 is 14.2 Å². The first-order chi connectivity index (χ1) is 36.8. The summed E-state index contributed by atoms with van der Waals surface area (Å²) in [6.45, 7) is 23.0. The molecule has 20 nitrogen and oxygen atoms in total. The molecule has 5 fully saturated rings. The molecule has 402 valence electrons. The lowest BCUT2D eigenvalue weighted by atomic mass is 10.2. The largest absolute Gasteiger partial charge is 0.379 e. The van der Waals surface area contributed by atoms with E-state index in [2.05, 4.69) is 73.6 Å². The van der Waals surface area contributed by atoms with Crippen LogP contribution in [0.3, 0.4) is 0 Å². The summed E-state index contributed by atoms with van der Waals surface area (Å²) in [5, 5.41) is 4.19. The Morgan fingerprint density at radius 2 is 0.973 bits per heavy atom. The van der Waals surface area contributed by atoms with E-state index in [-0.39, 0.29) is 5.15 Å². The minimum atomic E-state index is 0.253. The van der Waals surface area contributed by atoms with E-state index in [0.29, 0.717) is 39.4 Å². The van der Waals surface area contributed by atoms with Crippen molar-refractivity contribution in [2.24, 2.45) is 5.73 Å². The lowest BCUT2D eigenvalue weighted by molar-refractivity contribution is 0.0374. The number of nitrogens with two attached hydrogens (primary N) is 1. The number of anilines is 3. The Morgan fingerprint density at radius 3 is 1.52 bits per heavy atom.